The zero-order chi connectivity index (χ0) is 25.7. The molecule has 0 bridgehead atoms. The topological polar surface area (TPSA) is 109 Å². The van der Waals surface area contributed by atoms with Crippen molar-refractivity contribution in [1.82, 2.24) is 10.1 Å². The number of rotatable bonds is 7. The lowest BCUT2D eigenvalue weighted by Crippen LogP contribution is -2.41. The van der Waals surface area contributed by atoms with Crippen LogP contribution in [-0.2, 0) is 24.4 Å². The maximum absolute atomic E-state index is 12.3. The third-order valence-corrected chi connectivity index (χ3v) is 6.51. The summed E-state index contributed by atoms with van der Waals surface area (Å²) >= 11 is 0. The van der Waals surface area contributed by atoms with Crippen LogP contribution in [0.25, 0.3) is 11.0 Å². The van der Waals surface area contributed by atoms with Crippen molar-refractivity contribution in [2.45, 2.75) is 65.3 Å². The van der Waals surface area contributed by atoms with Crippen LogP contribution >= 0.6 is 0 Å². The Morgan fingerprint density at radius 3 is 2.67 bits per heavy atom. The minimum absolute atomic E-state index is 0.214. The van der Waals surface area contributed by atoms with Crippen LogP contribution in [-0.4, -0.2) is 39.9 Å². The lowest BCUT2D eigenvalue weighted by molar-refractivity contribution is 0.0181. The number of piperidine rings is 1. The van der Waals surface area contributed by atoms with Crippen LogP contribution in [0.5, 0.6) is 5.75 Å². The molecule has 2 aromatic carbocycles. The molecule has 0 radical (unpaired) electrons. The molecule has 1 aliphatic heterocycles. The highest BCUT2D eigenvalue weighted by Crippen LogP contribution is 2.32. The fourth-order valence-electron chi connectivity index (χ4n) is 4.54. The molecule has 0 atom stereocenters. The molecule has 8 heteroatoms. The molecular formula is C28H33N3O5. The van der Waals surface area contributed by atoms with Gasteiger partial charge < -0.3 is 24.0 Å². The quantitative estimate of drug-likeness (QED) is 0.474. The third kappa shape index (κ3) is 5.97. The number of nitriles is 1. The van der Waals surface area contributed by atoms with Crippen LogP contribution in [0.3, 0.4) is 0 Å². The van der Waals surface area contributed by atoms with Gasteiger partial charge in [-0.15, -0.1) is 0 Å². The molecule has 3 aromatic rings. The van der Waals surface area contributed by atoms with Crippen LogP contribution in [0.2, 0.25) is 0 Å². The van der Waals surface area contributed by atoms with E-state index in [0.29, 0.717) is 41.5 Å². The number of hydrogen-bond acceptors (Lipinski definition) is 7. The van der Waals surface area contributed by atoms with Gasteiger partial charge in [0.2, 0.25) is 0 Å². The molecule has 2 heterocycles. The van der Waals surface area contributed by atoms with Gasteiger partial charge in [0.1, 0.15) is 18.0 Å². The highest BCUT2D eigenvalue weighted by Gasteiger charge is 2.27. The fourth-order valence-corrected chi connectivity index (χ4v) is 4.54. The van der Waals surface area contributed by atoms with E-state index in [1.54, 1.807) is 11.0 Å². The Hall–Kier alpha value is -3.57. The van der Waals surface area contributed by atoms with Gasteiger partial charge >= 0.3 is 6.09 Å². The Balaban J connectivity index is 1.37. The summed E-state index contributed by atoms with van der Waals surface area (Å²) < 4.78 is 17.1. The smallest absolute Gasteiger partial charge is 0.410 e. The normalized spacial score (nSPS) is 14.6. The molecule has 190 valence electrons. The number of benzene rings is 2. The molecule has 1 amide bonds. The fraction of sp³-hybridized carbons (Fsp3) is 0.464. The molecule has 1 N–H and O–H groups in total. The van der Waals surface area contributed by atoms with E-state index >= 15 is 0 Å². The number of nitrogens with zero attached hydrogens (tertiary/aromatic N) is 3. The number of likely N-dealkylation sites (tertiary alicyclic amines) is 1. The zero-order valence-electron chi connectivity index (χ0n) is 21.1. The van der Waals surface area contributed by atoms with Gasteiger partial charge in [0.25, 0.3) is 0 Å². The summed E-state index contributed by atoms with van der Waals surface area (Å²) in [7, 11) is 0. The molecule has 1 saturated heterocycles. The van der Waals surface area contributed by atoms with E-state index in [-0.39, 0.29) is 19.3 Å². The highest BCUT2D eigenvalue weighted by molar-refractivity contribution is 5.84. The second kappa shape index (κ2) is 11.0. The minimum atomic E-state index is -0.485. The predicted molar refractivity (Wildman–Crippen MR) is 134 cm³/mol. The van der Waals surface area contributed by atoms with Gasteiger partial charge in [0.15, 0.2) is 5.58 Å². The number of ether oxygens (including phenoxy) is 2. The van der Waals surface area contributed by atoms with E-state index in [2.05, 4.69) is 11.2 Å². The van der Waals surface area contributed by atoms with Crippen molar-refractivity contribution in [2.75, 3.05) is 13.1 Å². The Labute approximate surface area is 211 Å². The van der Waals surface area contributed by atoms with Crippen molar-refractivity contribution in [1.29, 1.82) is 5.26 Å². The number of aliphatic hydroxyl groups excluding tert-OH is 1. The first kappa shape index (κ1) is 25.5. The van der Waals surface area contributed by atoms with Gasteiger partial charge in [-0.1, -0.05) is 23.4 Å². The molecule has 1 aliphatic rings. The first-order valence-electron chi connectivity index (χ1n) is 12.4. The molecule has 4 rings (SSSR count). The van der Waals surface area contributed by atoms with Gasteiger partial charge in [-0.05, 0) is 70.6 Å². The second-order valence-electron chi connectivity index (χ2n) is 10.2. The van der Waals surface area contributed by atoms with Crippen LogP contribution in [0.15, 0.2) is 40.9 Å². The number of hydrogen-bond donors (Lipinski definition) is 1. The third-order valence-electron chi connectivity index (χ3n) is 6.51. The lowest BCUT2D eigenvalue weighted by atomic mass is 9.91. The van der Waals surface area contributed by atoms with E-state index in [9.17, 15) is 15.2 Å². The molecule has 36 heavy (non-hydrogen) atoms. The SMILES string of the molecule is CC(C)(C)OC(=O)N1CCC(CCc2noc3c(CO)c(OCc4ccccc4C#N)ccc23)CC1. The van der Waals surface area contributed by atoms with Gasteiger partial charge in [0.05, 0.1) is 29.5 Å². The number of amides is 1. The number of aryl methyl sites for hydroxylation is 1. The van der Waals surface area contributed by atoms with Gasteiger partial charge in [-0.2, -0.15) is 5.26 Å². The Morgan fingerprint density at radius 2 is 1.97 bits per heavy atom. The van der Waals surface area contributed by atoms with Crippen LogP contribution in [0, 0.1) is 17.2 Å². The summed E-state index contributed by atoms with van der Waals surface area (Å²) in [6, 6.07) is 13.2. The average Bonchev–Trinajstić information content (AvgIpc) is 3.28. The number of aliphatic hydroxyl groups is 1. The average molecular weight is 492 g/mol. The number of aromatic nitrogens is 1. The van der Waals surface area contributed by atoms with Crippen molar-refractivity contribution in [3.05, 3.63) is 58.8 Å². The van der Waals surface area contributed by atoms with Crippen LogP contribution in [0.1, 0.15) is 62.4 Å². The summed E-state index contributed by atoms with van der Waals surface area (Å²) in [4.78, 5) is 14.1. The minimum Gasteiger partial charge on any atom is -0.488 e. The maximum Gasteiger partial charge on any atom is 0.410 e. The molecule has 0 unspecified atom stereocenters. The van der Waals surface area contributed by atoms with Gasteiger partial charge in [0, 0.05) is 24.0 Å². The van der Waals surface area contributed by atoms with Crippen LogP contribution in [0.4, 0.5) is 4.79 Å². The first-order valence-corrected chi connectivity index (χ1v) is 12.4. The summed E-state index contributed by atoms with van der Waals surface area (Å²) in [5, 5.41) is 24.5. The largest absolute Gasteiger partial charge is 0.488 e. The van der Waals surface area contributed by atoms with E-state index in [4.69, 9.17) is 14.0 Å². The molecule has 1 aromatic heterocycles. The summed E-state index contributed by atoms with van der Waals surface area (Å²) in [5.74, 6) is 1.01. The Morgan fingerprint density at radius 1 is 1.22 bits per heavy atom. The molecule has 1 fully saturated rings. The van der Waals surface area contributed by atoms with Crippen molar-refractivity contribution in [2.24, 2.45) is 5.92 Å². The first-order chi connectivity index (χ1) is 17.3. The second-order valence-corrected chi connectivity index (χ2v) is 10.2. The number of carbonyl (C=O) groups excluding carboxylic acids is 1. The molecule has 8 nitrogen and oxygen atoms in total. The number of carbonyl (C=O) groups is 1. The Kier molecular flexibility index (Phi) is 7.80. The number of fused-ring (bicyclic) bond motifs is 1. The van der Waals surface area contributed by atoms with Crippen molar-refractivity contribution >= 4 is 17.1 Å². The summed E-state index contributed by atoms with van der Waals surface area (Å²) in [6.45, 7) is 7.00. The van der Waals surface area contributed by atoms with Gasteiger partial charge in [-0.25, -0.2) is 4.79 Å². The molecule has 0 saturated carbocycles. The van der Waals surface area contributed by atoms with E-state index in [1.807, 2.05) is 51.1 Å². The van der Waals surface area contributed by atoms with Crippen molar-refractivity contribution < 1.29 is 23.9 Å². The van der Waals surface area contributed by atoms with Crippen molar-refractivity contribution in [3.8, 4) is 11.8 Å². The van der Waals surface area contributed by atoms with Crippen molar-refractivity contribution in [3.63, 3.8) is 0 Å². The summed E-state index contributed by atoms with van der Waals surface area (Å²) in [5.41, 5.74) is 2.78. The predicted octanol–water partition coefficient (Wildman–Crippen LogP) is 5.35. The molecule has 0 aliphatic carbocycles. The van der Waals surface area contributed by atoms with Gasteiger partial charge in [-0.3, -0.25) is 0 Å². The maximum atomic E-state index is 12.3. The zero-order valence-corrected chi connectivity index (χ0v) is 21.1. The van der Waals surface area contributed by atoms with Crippen LogP contribution < -0.4 is 4.74 Å². The highest BCUT2D eigenvalue weighted by atomic mass is 16.6. The monoisotopic (exact) mass is 491 g/mol. The van der Waals surface area contributed by atoms with E-state index < -0.39 is 5.60 Å². The van der Waals surface area contributed by atoms with E-state index in [1.165, 1.54) is 0 Å². The lowest BCUT2D eigenvalue weighted by Gasteiger charge is -2.33. The standard InChI is InChI=1S/C28H33N3O5/c1-28(2,3)35-27(33)31-14-12-19(13-15-31)8-10-24-22-9-11-25(23(17-32)26(22)36-30-24)34-18-21-7-5-4-6-20(21)16-29/h4-7,9,11,19,32H,8,10,12-15,17-18H2,1-3H3. The summed E-state index contributed by atoms with van der Waals surface area (Å²) in [6.07, 6.45) is 3.32. The molecule has 0 spiro atoms. The molecular weight excluding hydrogens is 458 g/mol. The Bertz CT molecular complexity index is 1250. The van der Waals surface area contributed by atoms with E-state index in [0.717, 1.165) is 42.3 Å².